The molecule has 126 valence electrons. The maximum absolute atomic E-state index is 12.7. The van der Waals surface area contributed by atoms with Crippen molar-refractivity contribution in [3.05, 3.63) is 50.8 Å². The van der Waals surface area contributed by atoms with Crippen LogP contribution in [-0.2, 0) is 10.0 Å². The van der Waals surface area contributed by atoms with Gasteiger partial charge in [-0.15, -0.1) is 22.7 Å². The van der Waals surface area contributed by atoms with Crippen molar-refractivity contribution in [3.8, 4) is 9.88 Å². The Morgan fingerprint density at radius 3 is 2.54 bits per heavy atom. The molecule has 3 aromatic rings. The fourth-order valence-corrected chi connectivity index (χ4v) is 6.08. The molecule has 2 heterocycles. The van der Waals surface area contributed by atoms with Crippen LogP contribution in [0.5, 0.6) is 0 Å². The van der Waals surface area contributed by atoms with Crippen LogP contribution in [0.1, 0.15) is 16.1 Å². The van der Waals surface area contributed by atoms with E-state index in [-0.39, 0.29) is 4.90 Å². The molecular weight excluding hydrogens is 384 g/mol. The summed E-state index contributed by atoms with van der Waals surface area (Å²) < 4.78 is 28.0. The van der Waals surface area contributed by atoms with Gasteiger partial charge in [-0.25, -0.2) is 13.4 Å². The number of aryl methyl sites for hydroxylation is 3. The number of thiazole rings is 1. The third-order valence-corrected chi connectivity index (χ3v) is 7.47. The molecule has 2 aromatic heterocycles. The summed E-state index contributed by atoms with van der Waals surface area (Å²) in [7, 11) is -3.71. The maximum Gasteiger partial charge on any atom is 0.263 e. The number of sulfonamides is 1. The smallest absolute Gasteiger partial charge is 0.263 e. The number of anilines is 1. The van der Waals surface area contributed by atoms with Crippen LogP contribution < -0.4 is 4.72 Å². The summed E-state index contributed by atoms with van der Waals surface area (Å²) in [6.45, 7) is 5.61. The Bertz CT molecular complexity index is 1010. The lowest BCUT2D eigenvalue weighted by molar-refractivity contribution is 0.601. The summed E-state index contributed by atoms with van der Waals surface area (Å²) in [4.78, 5) is 6.24. The van der Waals surface area contributed by atoms with E-state index in [0.717, 1.165) is 21.1 Å². The molecule has 0 saturated carbocycles. The molecular formula is C16H15ClN2O2S3. The van der Waals surface area contributed by atoms with Crippen molar-refractivity contribution in [2.45, 2.75) is 25.7 Å². The van der Waals surface area contributed by atoms with Gasteiger partial charge in [-0.1, -0.05) is 17.7 Å². The van der Waals surface area contributed by atoms with Gasteiger partial charge in [0.25, 0.3) is 10.0 Å². The van der Waals surface area contributed by atoms with Gasteiger partial charge >= 0.3 is 0 Å². The molecule has 8 heteroatoms. The van der Waals surface area contributed by atoms with Gasteiger partial charge in [-0.05, 0) is 44.5 Å². The van der Waals surface area contributed by atoms with Gasteiger partial charge in [0.1, 0.15) is 9.90 Å². The second kappa shape index (κ2) is 6.48. The Kier molecular flexibility index (Phi) is 4.70. The molecule has 0 bridgehead atoms. The average Bonchev–Trinajstić information content (AvgIpc) is 3.08. The fraction of sp³-hybridized carbons (Fsp3) is 0.188. The van der Waals surface area contributed by atoms with Crippen LogP contribution in [0.3, 0.4) is 0 Å². The monoisotopic (exact) mass is 398 g/mol. The standard InChI is InChI=1S/C16H15ClN2O2S3/c1-9-4-5-13(12(17)6-9)19-24(20,21)15-7-14(23-11(15)3)16-18-10(2)8-22-16/h4-8,19H,1-3H3. The molecule has 24 heavy (non-hydrogen) atoms. The van der Waals surface area contributed by atoms with Crippen LogP contribution in [0.4, 0.5) is 5.69 Å². The molecule has 0 radical (unpaired) electrons. The lowest BCUT2D eigenvalue weighted by atomic mass is 10.2. The zero-order valence-electron chi connectivity index (χ0n) is 13.3. The molecule has 0 atom stereocenters. The highest BCUT2D eigenvalue weighted by molar-refractivity contribution is 7.93. The van der Waals surface area contributed by atoms with Crippen molar-refractivity contribution < 1.29 is 8.42 Å². The van der Waals surface area contributed by atoms with E-state index in [2.05, 4.69) is 9.71 Å². The number of nitrogens with zero attached hydrogens (tertiary/aromatic N) is 1. The van der Waals surface area contributed by atoms with Gasteiger partial charge < -0.3 is 0 Å². The molecule has 0 amide bonds. The van der Waals surface area contributed by atoms with E-state index in [1.165, 1.54) is 22.7 Å². The van der Waals surface area contributed by atoms with Gasteiger partial charge in [0.15, 0.2) is 0 Å². The zero-order chi connectivity index (χ0) is 17.5. The molecule has 0 spiro atoms. The lowest BCUT2D eigenvalue weighted by Gasteiger charge is -2.09. The van der Waals surface area contributed by atoms with E-state index in [1.807, 2.05) is 25.3 Å². The topological polar surface area (TPSA) is 59.1 Å². The number of hydrogen-bond donors (Lipinski definition) is 1. The van der Waals surface area contributed by atoms with E-state index in [0.29, 0.717) is 15.6 Å². The van der Waals surface area contributed by atoms with Crippen molar-refractivity contribution in [2.24, 2.45) is 0 Å². The Hall–Kier alpha value is -1.41. The predicted octanol–water partition coefficient (Wildman–Crippen LogP) is 5.25. The Morgan fingerprint density at radius 1 is 1.17 bits per heavy atom. The highest BCUT2D eigenvalue weighted by Gasteiger charge is 2.22. The van der Waals surface area contributed by atoms with E-state index in [9.17, 15) is 8.42 Å². The first-order valence-corrected chi connectivity index (χ1v) is 10.6. The molecule has 1 aromatic carbocycles. The van der Waals surface area contributed by atoms with Gasteiger partial charge in [-0.2, -0.15) is 0 Å². The molecule has 0 fully saturated rings. The predicted molar refractivity (Wildman–Crippen MR) is 102 cm³/mol. The number of rotatable bonds is 4. The van der Waals surface area contributed by atoms with Crippen molar-refractivity contribution in [3.63, 3.8) is 0 Å². The summed E-state index contributed by atoms with van der Waals surface area (Å²) in [5, 5.41) is 3.15. The van der Waals surface area contributed by atoms with Gasteiger partial charge in [0.2, 0.25) is 0 Å². The SMILES string of the molecule is Cc1ccc(NS(=O)(=O)c2cc(-c3nc(C)cs3)sc2C)c(Cl)c1. The summed E-state index contributed by atoms with van der Waals surface area (Å²) in [6, 6.07) is 6.88. The first-order chi connectivity index (χ1) is 11.3. The van der Waals surface area contributed by atoms with Crippen LogP contribution >= 0.6 is 34.3 Å². The lowest BCUT2D eigenvalue weighted by Crippen LogP contribution is -2.13. The Morgan fingerprint density at radius 2 is 1.92 bits per heavy atom. The van der Waals surface area contributed by atoms with Crippen molar-refractivity contribution in [1.29, 1.82) is 0 Å². The molecule has 0 aliphatic rings. The Labute approximate surface area is 154 Å². The van der Waals surface area contributed by atoms with Gasteiger partial charge in [0.05, 0.1) is 15.6 Å². The summed E-state index contributed by atoms with van der Waals surface area (Å²) in [6.07, 6.45) is 0. The van der Waals surface area contributed by atoms with Crippen molar-refractivity contribution in [1.82, 2.24) is 4.98 Å². The summed E-state index contributed by atoms with van der Waals surface area (Å²) >= 11 is 9.06. The highest BCUT2D eigenvalue weighted by atomic mass is 35.5. The van der Waals surface area contributed by atoms with Gasteiger partial charge in [0, 0.05) is 16.0 Å². The normalized spacial score (nSPS) is 11.7. The second-order valence-corrected chi connectivity index (χ2v) is 9.59. The molecule has 0 unspecified atom stereocenters. The summed E-state index contributed by atoms with van der Waals surface area (Å²) in [5.41, 5.74) is 2.27. The first kappa shape index (κ1) is 17.4. The van der Waals surface area contributed by atoms with Crippen LogP contribution in [0.2, 0.25) is 5.02 Å². The quantitative estimate of drug-likeness (QED) is 0.652. The van der Waals surface area contributed by atoms with Crippen LogP contribution in [-0.4, -0.2) is 13.4 Å². The van der Waals surface area contributed by atoms with Crippen molar-refractivity contribution >= 4 is 50.0 Å². The number of nitrogens with one attached hydrogen (secondary N) is 1. The third kappa shape index (κ3) is 3.49. The largest absolute Gasteiger partial charge is 0.278 e. The fourth-order valence-electron chi connectivity index (χ4n) is 2.21. The first-order valence-electron chi connectivity index (χ1n) is 7.08. The number of benzene rings is 1. The molecule has 0 saturated heterocycles. The number of halogens is 1. The number of thiophene rings is 1. The molecule has 4 nitrogen and oxygen atoms in total. The van der Waals surface area contributed by atoms with Crippen LogP contribution in [0.15, 0.2) is 34.5 Å². The summed E-state index contributed by atoms with van der Waals surface area (Å²) in [5.74, 6) is 0. The molecule has 1 N–H and O–H groups in total. The zero-order valence-corrected chi connectivity index (χ0v) is 16.5. The molecule has 0 aliphatic heterocycles. The molecule has 3 rings (SSSR count). The van der Waals surface area contributed by atoms with Crippen LogP contribution in [0.25, 0.3) is 9.88 Å². The average molecular weight is 399 g/mol. The Balaban J connectivity index is 1.96. The minimum absolute atomic E-state index is 0.256. The maximum atomic E-state index is 12.7. The van der Waals surface area contributed by atoms with Crippen molar-refractivity contribution in [2.75, 3.05) is 4.72 Å². The van der Waals surface area contributed by atoms with Crippen LogP contribution in [0, 0.1) is 20.8 Å². The molecule has 0 aliphatic carbocycles. The number of hydrogen-bond acceptors (Lipinski definition) is 5. The van der Waals surface area contributed by atoms with E-state index in [4.69, 9.17) is 11.6 Å². The third-order valence-electron chi connectivity index (χ3n) is 3.36. The number of aromatic nitrogens is 1. The van der Waals surface area contributed by atoms with E-state index < -0.39 is 10.0 Å². The minimum Gasteiger partial charge on any atom is -0.278 e. The van der Waals surface area contributed by atoms with Gasteiger partial charge in [-0.3, -0.25) is 4.72 Å². The minimum atomic E-state index is -3.71. The second-order valence-electron chi connectivity index (χ2n) is 5.41. The van der Waals surface area contributed by atoms with E-state index >= 15 is 0 Å². The highest BCUT2D eigenvalue weighted by Crippen LogP contribution is 2.36. The van der Waals surface area contributed by atoms with E-state index in [1.54, 1.807) is 25.1 Å².